The third-order valence-corrected chi connectivity index (χ3v) is 3.86. The maximum absolute atomic E-state index is 14.0. The lowest BCUT2D eigenvalue weighted by atomic mass is 9.98. The van der Waals surface area contributed by atoms with Gasteiger partial charge in [0, 0.05) is 30.3 Å². The summed E-state index contributed by atoms with van der Waals surface area (Å²) in [5.41, 5.74) is 0.673. The molecule has 0 amide bonds. The van der Waals surface area contributed by atoms with Crippen molar-refractivity contribution in [1.82, 2.24) is 5.32 Å². The summed E-state index contributed by atoms with van der Waals surface area (Å²) in [5, 5.41) is 3.46. The zero-order valence-electron chi connectivity index (χ0n) is 11.8. The van der Waals surface area contributed by atoms with E-state index >= 15 is 0 Å². The van der Waals surface area contributed by atoms with Gasteiger partial charge >= 0.3 is 0 Å². The Morgan fingerprint density at radius 3 is 2.79 bits per heavy atom. The van der Waals surface area contributed by atoms with Gasteiger partial charge in [0.25, 0.3) is 0 Å². The molecule has 106 valence electrons. The minimum atomic E-state index is -0.228. The van der Waals surface area contributed by atoms with Gasteiger partial charge in [0.2, 0.25) is 0 Å². The third-order valence-electron chi connectivity index (χ3n) is 3.86. The summed E-state index contributed by atoms with van der Waals surface area (Å²) in [6.45, 7) is 5.75. The molecule has 3 nitrogen and oxygen atoms in total. The minimum Gasteiger partial charge on any atom is -0.497 e. The van der Waals surface area contributed by atoms with Gasteiger partial charge in [0.15, 0.2) is 0 Å². The average Bonchev–Trinajstić information content (AvgIpc) is 2.92. The Kier molecular flexibility index (Phi) is 4.77. The van der Waals surface area contributed by atoms with Crippen molar-refractivity contribution in [3.63, 3.8) is 0 Å². The molecule has 1 aromatic carbocycles. The lowest BCUT2D eigenvalue weighted by molar-refractivity contribution is 0.177. The number of nitrogens with one attached hydrogen (secondary N) is 1. The number of benzene rings is 1. The lowest BCUT2D eigenvalue weighted by Gasteiger charge is -2.24. The largest absolute Gasteiger partial charge is 0.497 e. The molecule has 0 spiro atoms. The molecule has 1 aliphatic heterocycles. The lowest BCUT2D eigenvalue weighted by Crippen LogP contribution is -2.36. The van der Waals surface area contributed by atoms with E-state index in [1.54, 1.807) is 12.1 Å². The summed E-state index contributed by atoms with van der Waals surface area (Å²) in [7, 11) is 1.54. The highest BCUT2D eigenvalue weighted by Gasteiger charge is 2.24. The normalized spacial score (nSPS) is 22.2. The van der Waals surface area contributed by atoms with Crippen LogP contribution in [-0.4, -0.2) is 26.4 Å². The van der Waals surface area contributed by atoms with Crippen LogP contribution in [0.2, 0.25) is 0 Å². The van der Waals surface area contributed by atoms with Crippen LogP contribution in [0.5, 0.6) is 5.75 Å². The van der Waals surface area contributed by atoms with Gasteiger partial charge in [-0.25, -0.2) is 4.39 Å². The van der Waals surface area contributed by atoms with E-state index in [-0.39, 0.29) is 11.9 Å². The molecule has 1 fully saturated rings. The molecule has 1 saturated heterocycles. The Labute approximate surface area is 114 Å². The highest BCUT2D eigenvalue weighted by atomic mass is 19.1. The van der Waals surface area contributed by atoms with Crippen molar-refractivity contribution in [3.8, 4) is 5.75 Å². The van der Waals surface area contributed by atoms with Gasteiger partial charge in [-0.05, 0) is 32.3 Å². The summed E-state index contributed by atoms with van der Waals surface area (Å²) in [5.74, 6) is 0.837. The standard InChI is InChI=1S/C15H22FNO2/c1-10(12-6-7-19-9-12)17-11(2)14-5-4-13(18-3)8-15(14)16/h4-5,8,10-12,17H,6-7,9H2,1-3H3. The van der Waals surface area contributed by atoms with Crippen molar-refractivity contribution in [2.24, 2.45) is 5.92 Å². The third kappa shape index (κ3) is 3.45. The van der Waals surface area contributed by atoms with Gasteiger partial charge < -0.3 is 14.8 Å². The highest BCUT2D eigenvalue weighted by molar-refractivity contribution is 5.30. The van der Waals surface area contributed by atoms with Crippen molar-refractivity contribution in [1.29, 1.82) is 0 Å². The highest BCUT2D eigenvalue weighted by Crippen LogP contribution is 2.24. The Hall–Kier alpha value is -1.13. The van der Waals surface area contributed by atoms with E-state index in [2.05, 4.69) is 12.2 Å². The van der Waals surface area contributed by atoms with Crippen molar-refractivity contribution < 1.29 is 13.9 Å². The van der Waals surface area contributed by atoms with Gasteiger partial charge in [-0.2, -0.15) is 0 Å². The molecule has 3 unspecified atom stereocenters. The Morgan fingerprint density at radius 2 is 2.21 bits per heavy atom. The maximum Gasteiger partial charge on any atom is 0.131 e. The molecule has 1 heterocycles. The second-order valence-electron chi connectivity index (χ2n) is 5.19. The van der Waals surface area contributed by atoms with Crippen LogP contribution >= 0.6 is 0 Å². The van der Waals surface area contributed by atoms with E-state index in [0.29, 0.717) is 23.3 Å². The van der Waals surface area contributed by atoms with Gasteiger partial charge in [0.1, 0.15) is 11.6 Å². The number of ether oxygens (including phenoxy) is 2. The number of hydrogen-bond donors (Lipinski definition) is 1. The van der Waals surface area contributed by atoms with E-state index in [1.165, 1.54) is 13.2 Å². The van der Waals surface area contributed by atoms with Crippen LogP contribution in [0.4, 0.5) is 4.39 Å². The number of hydrogen-bond acceptors (Lipinski definition) is 3. The molecular weight excluding hydrogens is 245 g/mol. The minimum absolute atomic E-state index is 0.0264. The maximum atomic E-state index is 14.0. The van der Waals surface area contributed by atoms with Crippen LogP contribution in [0.25, 0.3) is 0 Å². The fraction of sp³-hybridized carbons (Fsp3) is 0.600. The Balaban J connectivity index is 2.00. The molecule has 0 aliphatic carbocycles. The fourth-order valence-corrected chi connectivity index (χ4v) is 2.55. The molecule has 0 saturated carbocycles. The number of methoxy groups -OCH3 is 1. The zero-order chi connectivity index (χ0) is 13.8. The van der Waals surface area contributed by atoms with Crippen LogP contribution in [0, 0.1) is 11.7 Å². The number of rotatable bonds is 5. The van der Waals surface area contributed by atoms with E-state index in [4.69, 9.17) is 9.47 Å². The number of halogens is 1. The van der Waals surface area contributed by atoms with Crippen LogP contribution in [0.15, 0.2) is 18.2 Å². The zero-order valence-corrected chi connectivity index (χ0v) is 11.8. The quantitative estimate of drug-likeness (QED) is 0.889. The molecule has 0 radical (unpaired) electrons. The van der Waals surface area contributed by atoms with E-state index in [9.17, 15) is 4.39 Å². The molecule has 1 aromatic rings. The summed E-state index contributed by atoms with van der Waals surface area (Å²) in [6.07, 6.45) is 1.08. The van der Waals surface area contributed by atoms with E-state index < -0.39 is 0 Å². The first-order valence-corrected chi connectivity index (χ1v) is 6.79. The molecule has 0 aromatic heterocycles. The van der Waals surface area contributed by atoms with Gasteiger partial charge in [0.05, 0.1) is 13.7 Å². The van der Waals surface area contributed by atoms with Crippen LogP contribution < -0.4 is 10.1 Å². The fourth-order valence-electron chi connectivity index (χ4n) is 2.55. The average molecular weight is 267 g/mol. The van der Waals surface area contributed by atoms with Gasteiger partial charge in [-0.1, -0.05) is 6.07 Å². The van der Waals surface area contributed by atoms with E-state index in [0.717, 1.165) is 19.6 Å². The van der Waals surface area contributed by atoms with Crippen LogP contribution in [-0.2, 0) is 4.74 Å². The van der Waals surface area contributed by atoms with Crippen molar-refractivity contribution in [3.05, 3.63) is 29.6 Å². The molecule has 3 atom stereocenters. The first-order valence-electron chi connectivity index (χ1n) is 6.79. The molecule has 1 N–H and O–H groups in total. The second-order valence-corrected chi connectivity index (χ2v) is 5.19. The predicted octanol–water partition coefficient (Wildman–Crippen LogP) is 2.91. The summed E-state index contributed by atoms with van der Waals surface area (Å²) < 4.78 is 24.4. The molecule has 2 rings (SSSR count). The van der Waals surface area contributed by atoms with Crippen molar-refractivity contribution in [2.75, 3.05) is 20.3 Å². The van der Waals surface area contributed by atoms with Crippen LogP contribution in [0.1, 0.15) is 31.9 Å². The Bertz CT molecular complexity index is 419. The first-order chi connectivity index (χ1) is 9.11. The summed E-state index contributed by atoms with van der Waals surface area (Å²) in [6, 6.07) is 5.29. The van der Waals surface area contributed by atoms with Gasteiger partial charge in [-0.15, -0.1) is 0 Å². The molecule has 1 aliphatic rings. The summed E-state index contributed by atoms with van der Waals surface area (Å²) in [4.78, 5) is 0. The predicted molar refractivity (Wildman–Crippen MR) is 72.9 cm³/mol. The SMILES string of the molecule is COc1ccc(C(C)NC(C)C2CCOC2)c(F)c1. The van der Waals surface area contributed by atoms with Crippen LogP contribution in [0.3, 0.4) is 0 Å². The molecular formula is C15H22FNO2. The van der Waals surface area contributed by atoms with Crippen molar-refractivity contribution in [2.45, 2.75) is 32.4 Å². The second kappa shape index (κ2) is 6.35. The topological polar surface area (TPSA) is 30.5 Å². The monoisotopic (exact) mass is 267 g/mol. The molecule has 0 bridgehead atoms. The molecule has 19 heavy (non-hydrogen) atoms. The van der Waals surface area contributed by atoms with Gasteiger partial charge in [-0.3, -0.25) is 0 Å². The smallest absolute Gasteiger partial charge is 0.131 e. The molecule has 4 heteroatoms. The van der Waals surface area contributed by atoms with Crippen molar-refractivity contribution >= 4 is 0 Å². The first kappa shape index (κ1) is 14.3. The summed E-state index contributed by atoms with van der Waals surface area (Å²) >= 11 is 0. The Morgan fingerprint density at radius 1 is 1.42 bits per heavy atom. The van der Waals surface area contributed by atoms with E-state index in [1.807, 2.05) is 6.92 Å².